The first kappa shape index (κ1) is 14.0. The number of nitrogens with one attached hydrogen (secondary N) is 1. The van der Waals surface area contributed by atoms with E-state index in [1.54, 1.807) is 24.3 Å². The lowest BCUT2D eigenvalue weighted by molar-refractivity contribution is 0.173. The predicted octanol–water partition coefficient (Wildman–Crippen LogP) is 3.35. The molecule has 0 saturated heterocycles. The molecule has 1 unspecified atom stereocenters. The van der Waals surface area contributed by atoms with E-state index in [4.69, 9.17) is 21.1 Å². The van der Waals surface area contributed by atoms with E-state index in [9.17, 15) is 9.50 Å². The fourth-order valence-electron chi connectivity index (χ4n) is 2.06. The molecule has 110 valence electrons. The largest absolute Gasteiger partial charge is 0.454 e. The van der Waals surface area contributed by atoms with Crippen molar-refractivity contribution in [2.75, 3.05) is 18.7 Å². The third kappa shape index (κ3) is 3.04. The first-order valence-corrected chi connectivity index (χ1v) is 6.78. The molecule has 21 heavy (non-hydrogen) atoms. The molecule has 1 aliphatic rings. The molecular formula is C15H13ClFNO3. The predicted molar refractivity (Wildman–Crippen MR) is 77.4 cm³/mol. The number of anilines is 1. The molecule has 2 aromatic rings. The Morgan fingerprint density at radius 3 is 2.81 bits per heavy atom. The third-order valence-electron chi connectivity index (χ3n) is 3.20. The molecule has 0 fully saturated rings. The summed E-state index contributed by atoms with van der Waals surface area (Å²) in [5.74, 6) is 0.819. The lowest BCUT2D eigenvalue weighted by Gasteiger charge is -2.14. The molecule has 1 aliphatic heterocycles. The van der Waals surface area contributed by atoms with Crippen LogP contribution in [0.1, 0.15) is 11.7 Å². The summed E-state index contributed by atoms with van der Waals surface area (Å²) in [5.41, 5.74) is 1.35. The number of hydrogen-bond acceptors (Lipinski definition) is 4. The maximum absolute atomic E-state index is 13.1. The molecule has 0 bridgehead atoms. The van der Waals surface area contributed by atoms with Crippen LogP contribution in [0.4, 0.5) is 10.1 Å². The lowest BCUT2D eigenvalue weighted by atomic mass is 10.1. The number of halogens is 2. The summed E-state index contributed by atoms with van der Waals surface area (Å²) in [4.78, 5) is 0. The van der Waals surface area contributed by atoms with Gasteiger partial charge in [0, 0.05) is 12.2 Å². The zero-order chi connectivity index (χ0) is 14.8. The molecule has 0 aromatic heterocycles. The number of ether oxygens (including phenoxy) is 2. The van der Waals surface area contributed by atoms with Crippen LogP contribution in [-0.4, -0.2) is 18.4 Å². The lowest BCUT2D eigenvalue weighted by Crippen LogP contribution is -2.12. The van der Waals surface area contributed by atoms with E-state index in [0.717, 1.165) is 0 Å². The Hall–Kier alpha value is -1.98. The Morgan fingerprint density at radius 1 is 1.19 bits per heavy atom. The highest BCUT2D eigenvalue weighted by Crippen LogP contribution is 2.34. The average Bonchev–Trinajstić information content (AvgIpc) is 2.95. The number of rotatable bonds is 4. The zero-order valence-electron chi connectivity index (χ0n) is 11.0. The number of fused-ring (bicyclic) bond motifs is 1. The number of hydrogen-bond donors (Lipinski definition) is 2. The second-order valence-electron chi connectivity index (χ2n) is 4.64. The summed E-state index contributed by atoms with van der Waals surface area (Å²) in [6, 6.07) is 9.59. The number of aliphatic hydroxyl groups is 1. The maximum Gasteiger partial charge on any atom is 0.231 e. The Morgan fingerprint density at radius 2 is 2.00 bits per heavy atom. The van der Waals surface area contributed by atoms with Crippen LogP contribution in [0.15, 0.2) is 36.4 Å². The van der Waals surface area contributed by atoms with Gasteiger partial charge in [-0.1, -0.05) is 17.7 Å². The monoisotopic (exact) mass is 309 g/mol. The van der Waals surface area contributed by atoms with Crippen LogP contribution in [0.3, 0.4) is 0 Å². The topological polar surface area (TPSA) is 50.7 Å². The molecule has 1 atom stereocenters. The molecule has 2 N–H and O–H groups in total. The highest BCUT2D eigenvalue weighted by atomic mass is 35.5. The molecule has 6 heteroatoms. The molecule has 2 aromatic carbocycles. The van der Waals surface area contributed by atoms with Gasteiger partial charge in [-0.05, 0) is 35.9 Å². The number of benzene rings is 2. The van der Waals surface area contributed by atoms with Gasteiger partial charge in [-0.15, -0.1) is 0 Å². The molecule has 0 radical (unpaired) electrons. The van der Waals surface area contributed by atoms with E-state index in [-0.39, 0.29) is 18.4 Å². The van der Waals surface area contributed by atoms with E-state index in [0.29, 0.717) is 22.7 Å². The van der Waals surface area contributed by atoms with E-state index >= 15 is 0 Å². The fourth-order valence-corrected chi connectivity index (χ4v) is 2.24. The molecule has 0 aliphatic carbocycles. The van der Waals surface area contributed by atoms with Crippen molar-refractivity contribution in [2.45, 2.75) is 6.10 Å². The summed E-state index contributed by atoms with van der Waals surface area (Å²) in [7, 11) is 0. The smallest absolute Gasteiger partial charge is 0.231 e. The van der Waals surface area contributed by atoms with Gasteiger partial charge in [-0.2, -0.15) is 0 Å². The highest BCUT2D eigenvalue weighted by Gasteiger charge is 2.16. The molecule has 1 heterocycles. The van der Waals surface area contributed by atoms with E-state index in [1.807, 2.05) is 0 Å². The van der Waals surface area contributed by atoms with Gasteiger partial charge in [0.2, 0.25) is 6.79 Å². The van der Waals surface area contributed by atoms with Crippen molar-refractivity contribution in [2.24, 2.45) is 0 Å². The van der Waals surface area contributed by atoms with Crippen molar-refractivity contribution in [1.82, 2.24) is 0 Å². The van der Waals surface area contributed by atoms with Gasteiger partial charge in [0.15, 0.2) is 11.5 Å². The van der Waals surface area contributed by atoms with Gasteiger partial charge in [0.25, 0.3) is 0 Å². The molecule has 3 rings (SSSR count). The van der Waals surface area contributed by atoms with Crippen molar-refractivity contribution < 1.29 is 19.0 Å². The van der Waals surface area contributed by atoms with E-state index in [1.165, 1.54) is 12.1 Å². The summed E-state index contributed by atoms with van der Waals surface area (Å²) in [5, 5.41) is 13.2. The summed E-state index contributed by atoms with van der Waals surface area (Å²) in [6.45, 7) is 0.461. The second-order valence-corrected chi connectivity index (χ2v) is 5.05. The number of aliphatic hydroxyl groups excluding tert-OH is 1. The van der Waals surface area contributed by atoms with Crippen molar-refractivity contribution >= 4 is 17.3 Å². The maximum atomic E-state index is 13.1. The summed E-state index contributed by atoms with van der Waals surface area (Å²) in [6.07, 6.45) is -0.733. The van der Waals surface area contributed by atoms with Crippen LogP contribution in [0.2, 0.25) is 5.02 Å². The molecule has 0 spiro atoms. The Labute approximate surface area is 126 Å². The highest BCUT2D eigenvalue weighted by molar-refractivity contribution is 6.31. The van der Waals surface area contributed by atoms with Gasteiger partial charge in [0.1, 0.15) is 5.82 Å². The average molecular weight is 310 g/mol. The Balaban J connectivity index is 1.66. The molecule has 0 saturated carbocycles. The third-order valence-corrected chi connectivity index (χ3v) is 3.49. The van der Waals surface area contributed by atoms with Crippen molar-refractivity contribution in [1.29, 1.82) is 0 Å². The van der Waals surface area contributed by atoms with Crippen LogP contribution in [0.25, 0.3) is 0 Å². The fraction of sp³-hybridized carbons (Fsp3) is 0.200. The van der Waals surface area contributed by atoms with E-state index < -0.39 is 11.9 Å². The summed E-state index contributed by atoms with van der Waals surface area (Å²) >= 11 is 5.70. The molecule has 0 amide bonds. The van der Waals surface area contributed by atoms with Crippen LogP contribution >= 0.6 is 11.6 Å². The second kappa shape index (κ2) is 5.79. The standard InChI is InChI=1S/C15H13ClFNO3/c16-11-6-10(2-3-12(11)17)18-7-13(19)9-1-4-14-15(5-9)21-8-20-14/h1-6,13,18-19H,7-8H2. The van der Waals surface area contributed by atoms with Gasteiger partial charge in [-0.3, -0.25) is 0 Å². The van der Waals surface area contributed by atoms with Crippen LogP contribution in [0.5, 0.6) is 11.5 Å². The van der Waals surface area contributed by atoms with Gasteiger partial charge < -0.3 is 19.9 Å². The first-order chi connectivity index (χ1) is 10.1. The molecule has 4 nitrogen and oxygen atoms in total. The zero-order valence-corrected chi connectivity index (χ0v) is 11.7. The first-order valence-electron chi connectivity index (χ1n) is 6.40. The van der Waals surface area contributed by atoms with Crippen LogP contribution < -0.4 is 14.8 Å². The SMILES string of the molecule is OC(CNc1ccc(F)c(Cl)c1)c1ccc2c(c1)OCO2. The van der Waals surface area contributed by atoms with Gasteiger partial charge >= 0.3 is 0 Å². The minimum atomic E-state index is -0.733. The van der Waals surface area contributed by atoms with Crippen LogP contribution in [-0.2, 0) is 0 Å². The minimum absolute atomic E-state index is 0.0394. The quantitative estimate of drug-likeness (QED) is 0.909. The Kier molecular flexibility index (Phi) is 3.86. The van der Waals surface area contributed by atoms with Gasteiger partial charge in [-0.25, -0.2) is 4.39 Å². The van der Waals surface area contributed by atoms with E-state index in [2.05, 4.69) is 5.32 Å². The normalized spacial score (nSPS) is 14.0. The van der Waals surface area contributed by atoms with Gasteiger partial charge in [0.05, 0.1) is 11.1 Å². The Bertz CT molecular complexity index is 665. The minimum Gasteiger partial charge on any atom is -0.454 e. The van der Waals surface area contributed by atoms with Crippen molar-refractivity contribution in [3.63, 3.8) is 0 Å². The molecular weight excluding hydrogens is 297 g/mol. The summed E-state index contributed by atoms with van der Waals surface area (Å²) < 4.78 is 23.5. The van der Waals surface area contributed by atoms with Crippen LogP contribution in [0, 0.1) is 5.82 Å². The van der Waals surface area contributed by atoms with Crippen molar-refractivity contribution in [3.8, 4) is 11.5 Å². The van der Waals surface area contributed by atoms with Crippen molar-refractivity contribution in [3.05, 3.63) is 52.8 Å².